The normalized spacial score (nSPS) is 14.4. The Bertz CT molecular complexity index is 618. The molecular weight excluding hydrogens is 236 g/mol. The van der Waals surface area contributed by atoms with Crippen LogP contribution < -0.4 is 11.1 Å². The van der Waals surface area contributed by atoms with E-state index in [9.17, 15) is 0 Å². The van der Waals surface area contributed by atoms with Crippen LogP contribution >= 0.6 is 0 Å². The number of rotatable bonds is 3. The third-order valence-electron chi connectivity index (χ3n) is 3.49. The van der Waals surface area contributed by atoms with Gasteiger partial charge in [0.15, 0.2) is 0 Å². The number of benzene rings is 1. The second kappa shape index (κ2) is 4.53. The first-order chi connectivity index (χ1) is 9.11. The maximum absolute atomic E-state index is 5.84. The summed E-state index contributed by atoms with van der Waals surface area (Å²) in [5.41, 5.74) is 9.41. The minimum atomic E-state index is 0.504. The van der Waals surface area contributed by atoms with Gasteiger partial charge in [0, 0.05) is 17.7 Å². The molecule has 0 atom stereocenters. The van der Waals surface area contributed by atoms with Gasteiger partial charge in [-0.2, -0.15) is 0 Å². The lowest BCUT2D eigenvalue weighted by atomic mass is 10.1. The number of nitrogen functional groups attached to an aromatic ring is 1. The average molecular weight is 254 g/mol. The molecule has 0 amide bonds. The summed E-state index contributed by atoms with van der Waals surface area (Å²) in [6.07, 6.45) is 2.35. The van der Waals surface area contributed by atoms with E-state index in [2.05, 4.69) is 47.3 Å². The molecular formula is C15H18N4. The third-order valence-corrected chi connectivity index (χ3v) is 3.49. The summed E-state index contributed by atoms with van der Waals surface area (Å²) in [4.78, 5) is 8.84. The lowest BCUT2D eigenvalue weighted by Crippen LogP contribution is -2.02. The highest BCUT2D eigenvalue weighted by atomic mass is 15.1. The number of nitrogens with two attached hydrogens (primary N) is 1. The molecule has 1 aromatic carbocycles. The Labute approximate surface area is 113 Å². The summed E-state index contributed by atoms with van der Waals surface area (Å²) in [6, 6.07) is 8.05. The zero-order chi connectivity index (χ0) is 13.4. The van der Waals surface area contributed by atoms with Crippen LogP contribution in [0.3, 0.4) is 0 Å². The lowest BCUT2D eigenvalue weighted by molar-refractivity contribution is 0.936. The van der Waals surface area contributed by atoms with E-state index in [1.54, 1.807) is 6.07 Å². The van der Waals surface area contributed by atoms with Crippen molar-refractivity contribution in [2.75, 3.05) is 11.1 Å². The zero-order valence-electron chi connectivity index (χ0n) is 11.3. The van der Waals surface area contributed by atoms with Gasteiger partial charge < -0.3 is 11.1 Å². The molecule has 1 aliphatic rings. The number of hydrogen-bond acceptors (Lipinski definition) is 4. The molecule has 0 bridgehead atoms. The number of aryl methyl sites for hydroxylation is 2. The van der Waals surface area contributed by atoms with E-state index in [0.717, 1.165) is 17.3 Å². The minimum Gasteiger partial charge on any atom is -0.384 e. The van der Waals surface area contributed by atoms with E-state index in [4.69, 9.17) is 5.73 Å². The quantitative estimate of drug-likeness (QED) is 0.882. The first-order valence-corrected chi connectivity index (χ1v) is 6.60. The summed E-state index contributed by atoms with van der Waals surface area (Å²) in [6.45, 7) is 4.21. The Morgan fingerprint density at radius 2 is 1.89 bits per heavy atom. The molecule has 0 radical (unpaired) electrons. The SMILES string of the molecule is Cc1ccc(Nc2cc(N)nc(C3CC3)n2)cc1C. The monoisotopic (exact) mass is 254 g/mol. The van der Waals surface area contributed by atoms with Crippen molar-refractivity contribution in [1.29, 1.82) is 0 Å². The van der Waals surface area contributed by atoms with Crippen molar-refractivity contribution >= 4 is 17.3 Å². The number of aromatic nitrogens is 2. The number of nitrogens with zero attached hydrogens (tertiary/aromatic N) is 2. The van der Waals surface area contributed by atoms with Crippen LogP contribution in [0.4, 0.5) is 17.3 Å². The van der Waals surface area contributed by atoms with Gasteiger partial charge in [-0.3, -0.25) is 0 Å². The van der Waals surface area contributed by atoms with Crippen molar-refractivity contribution in [3.05, 3.63) is 41.2 Å². The molecule has 1 saturated carbocycles. The number of nitrogens with one attached hydrogen (secondary N) is 1. The van der Waals surface area contributed by atoms with Crippen molar-refractivity contribution in [2.45, 2.75) is 32.6 Å². The molecule has 4 nitrogen and oxygen atoms in total. The topological polar surface area (TPSA) is 63.8 Å². The van der Waals surface area contributed by atoms with E-state index in [0.29, 0.717) is 11.7 Å². The fourth-order valence-corrected chi connectivity index (χ4v) is 2.04. The van der Waals surface area contributed by atoms with Crippen LogP contribution in [0.1, 0.15) is 35.7 Å². The van der Waals surface area contributed by atoms with Gasteiger partial charge in [-0.1, -0.05) is 6.07 Å². The fourth-order valence-electron chi connectivity index (χ4n) is 2.04. The predicted molar refractivity (Wildman–Crippen MR) is 77.6 cm³/mol. The van der Waals surface area contributed by atoms with Gasteiger partial charge in [0.2, 0.25) is 0 Å². The van der Waals surface area contributed by atoms with E-state index >= 15 is 0 Å². The van der Waals surface area contributed by atoms with Gasteiger partial charge in [0.05, 0.1) is 0 Å². The molecule has 0 unspecified atom stereocenters. The molecule has 1 heterocycles. The van der Waals surface area contributed by atoms with E-state index in [-0.39, 0.29) is 0 Å². The molecule has 0 saturated heterocycles. The maximum Gasteiger partial charge on any atom is 0.136 e. The summed E-state index contributed by atoms with van der Waals surface area (Å²) in [7, 11) is 0. The molecule has 0 spiro atoms. The molecule has 1 aromatic heterocycles. The Kier molecular flexibility index (Phi) is 2.85. The van der Waals surface area contributed by atoms with Gasteiger partial charge in [0.25, 0.3) is 0 Å². The number of anilines is 3. The molecule has 3 rings (SSSR count). The Hall–Kier alpha value is -2.10. The van der Waals surface area contributed by atoms with Crippen molar-refractivity contribution in [1.82, 2.24) is 9.97 Å². The van der Waals surface area contributed by atoms with Crippen LogP contribution in [-0.4, -0.2) is 9.97 Å². The molecule has 98 valence electrons. The maximum atomic E-state index is 5.84. The van der Waals surface area contributed by atoms with E-state index in [1.807, 2.05) is 0 Å². The smallest absolute Gasteiger partial charge is 0.136 e. The van der Waals surface area contributed by atoms with Crippen LogP contribution in [0.5, 0.6) is 0 Å². The highest BCUT2D eigenvalue weighted by Crippen LogP contribution is 2.38. The summed E-state index contributed by atoms with van der Waals surface area (Å²) >= 11 is 0. The number of hydrogen-bond donors (Lipinski definition) is 2. The van der Waals surface area contributed by atoms with E-state index in [1.165, 1.54) is 24.0 Å². The Morgan fingerprint density at radius 3 is 2.58 bits per heavy atom. The standard InChI is InChI=1S/C15H18N4/c1-9-3-6-12(7-10(9)2)17-14-8-13(16)18-15(19-14)11-4-5-11/h3,6-8,11H,4-5H2,1-2H3,(H3,16,17,18,19). The van der Waals surface area contributed by atoms with Crippen LogP contribution in [0.2, 0.25) is 0 Å². The average Bonchev–Trinajstić information content (AvgIpc) is 3.17. The first-order valence-electron chi connectivity index (χ1n) is 6.60. The lowest BCUT2D eigenvalue weighted by Gasteiger charge is -2.09. The second-order valence-corrected chi connectivity index (χ2v) is 5.23. The van der Waals surface area contributed by atoms with Gasteiger partial charge in [-0.05, 0) is 49.9 Å². The fraction of sp³-hybridized carbons (Fsp3) is 0.333. The van der Waals surface area contributed by atoms with Crippen LogP contribution in [0.15, 0.2) is 24.3 Å². The molecule has 2 aromatic rings. The third kappa shape index (κ3) is 2.67. The van der Waals surface area contributed by atoms with Crippen LogP contribution in [0, 0.1) is 13.8 Å². The molecule has 19 heavy (non-hydrogen) atoms. The van der Waals surface area contributed by atoms with Crippen molar-refractivity contribution in [3.63, 3.8) is 0 Å². The Balaban J connectivity index is 1.87. The highest BCUT2D eigenvalue weighted by Gasteiger charge is 2.27. The first kappa shape index (κ1) is 12.0. The van der Waals surface area contributed by atoms with Crippen molar-refractivity contribution < 1.29 is 0 Å². The zero-order valence-corrected chi connectivity index (χ0v) is 11.3. The van der Waals surface area contributed by atoms with Gasteiger partial charge in [0.1, 0.15) is 17.5 Å². The van der Waals surface area contributed by atoms with Gasteiger partial charge in [-0.15, -0.1) is 0 Å². The summed E-state index contributed by atoms with van der Waals surface area (Å²) in [5.74, 6) is 2.68. The highest BCUT2D eigenvalue weighted by molar-refractivity contribution is 5.60. The van der Waals surface area contributed by atoms with Crippen LogP contribution in [-0.2, 0) is 0 Å². The molecule has 3 N–H and O–H groups in total. The van der Waals surface area contributed by atoms with Gasteiger partial charge in [-0.25, -0.2) is 9.97 Å². The Morgan fingerprint density at radius 1 is 1.11 bits per heavy atom. The van der Waals surface area contributed by atoms with Gasteiger partial charge >= 0.3 is 0 Å². The van der Waals surface area contributed by atoms with E-state index < -0.39 is 0 Å². The predicted octanol–water partition coefficient (Wildman–Crippen LogP) is 3.30. The minimum absolute atomic E-state index is 0.504. The summed E-state index contributed by atoms with van der Waals surface area (Å²) < 4.78 is 0. The molecule has 1 fully saturated rings. The molecule has 0 aliphatic heterocycles. The largest absolute Gasteiger partial charge is 0.384 e. The van der Waals surface area contributed by atoms with Crippen LogP contribution in [0.25, 0.3) is 0 Å². The van der Waals surface area contributed by atoms with Crippen molar-refractivity contribution in [2.24, 2.45) is 0 Å². The molecule has 4 heteroatoms. The van der Waals surface area contributed by atoms with Crippen molar-refractivity contribution in [3.8, 4) is 0 Å². The molecule has 1 aliphatic carbocycles. The summed E-state index contributed by atoms with van der Waals surface area (Å²) in [5, 5.41) is 3.30. The second-order valence-electron chi connectivity index (χ2n) is 5.23.